The van der Waals surface area contributed by atoms with E-state index in [9.17, 15) is 9.59 Å². The zero-order chi connectivity index (χ0) is 16.4. The molecule has 5 nitrogen and oxygen atoms in total. The number of nitrogens with one attached hydrogen (secondary N) is 1. The summed E-state index contributed by atoms with van der Waals surface area (Å²) in [4.78, 5) is 28.5. The average molecular weight is 315 g/mol. The van der Waals surface area contributed by atoms with Gasteiger partial charge in [-0.1, -0.05) is 12.8 Å². The van der Waals surface area contributed by atoms with Gasteiger partial charge in [0.2, 0.25) is 11.8 Å². The van der Waals surface area contributed by atoms with E-state index in [-0.39, 0.29) is 24.9 Å². The zero-order valence-electron chi connectivity index (χ0n) is 14.0. The van der Waals surface area contributed by atoms with Crippen molar-refractivity contribution in [1.82, 2.24) is 4.90 Å². The minimum atomic E-state index is -0.0380. The van der Waals surface area contributed by atoms with Gasteiger partial charge in [-0.2, -0.15) is 0 Å². The number of fused-ring (bicyclic) bond motifs is 1. The molecular weight excluding hydrogens is 290 g/mol. The van der Waals surface area contributed by atoms with Gasteiger partial charge in [-0.15, -0.1) is 0 Å². The molecular formula is C18H25N3O2. The van der Waals surface area contributed by atoms with Crippen LogP contribution in [0.15, 0.2) is 12.1 Å². The maximum atomic E-state index is 12.6. The van der Waals surface area contributed by atoms with E-state index in [0.29, 0.717) is 0 Å². The number of carbonyl (C=O) groups excluding carboxylic acids is 2. The van der Waals surface area contributed by atoms with Gasteiger partial charge in [-0.25, -0.2) is 0 Å². The Bertz CT molecular complexity index is 619. The highest BCUT2D eigenvalue weighted by molar-refractivity contribution is 6.06. The van der Waals surface area contributed by atoms with E-state index in [2.05, 4.69) is 18.3 Å². The predicted octanol–water partition coefficient (Wildman–Crippen LogP) is 2.46. The maximum Gasteiger partial charge on any atom is 0.246 e. The number of benzene rings is 1. The van der Waals surface area contributed by atoms with Crippen LogP contribution in [0.3, 0.4) is 0 Å². The second kappa shape index (κ2) is 6.60. The molecule has 0 spiro atoms. The van der Waals surface area contributed by atoms with E-state index in [4.69, 9.17) is 0 Å². The Morgan fingerprint density at radius 2 is 1.74 bits per heavy atom. The SMILES string of the molecule is Cc1cc2c(cc1C)N(CC(=O)N1CCCCCC1)C(=O)CN2. The topological polar surface area (TPSA) is 52.7 Å². The maximum absolute atomic E-state index is 12.6. The Morgan fingerprint density at radius 1 is 1.09 bits per heavy atom. The van der Waals surface area contributed by atoms with Crippen LogP contribution in [0.4, 0.5) is 11.4 Å². The molecule has 1 aromatic rings. The Hall–Kier alpha value is -2.04. The third kappa shape index (κ3) is 3.33. The number of rotatable bonds is 2. The van der Waals surface area contributed by atoms with Crippen molar-refractivity contribution in [1.29, 1.82) is 0 Å². The van der Waals surface area contributed by atoms with E-state index in [1.807, 2.05) is 17.9 Å². The summed E-state index contributed by atoms with van der Waals surface area (Å²) in [5.41, 5.74) is 4.08. The molecule has 0 radical (unpaired) electrons. The van der Waals surface area contributed by atoms with Crippen molar-refractivity contribution in [3.8, 4) is 0 Å². The molecule has 0 aromatic heterocycles. The van der Waals surface area contributed by atoms with Crippen LogP contribution in [0.1, 0.15) is 36.8 Å². The number of hydrogen-bond acceptors (Lipinski definition) is 3. The van der Waals surface area contributed by atoms with Crippen molar-refractivity contribution in [2.45, 2.75) is 39.5 Å². The standard InChI is InChI=1S/C18H25N3O2/c1-13-9-15-16(10-14(13)2)21(17(22)11-19-15)12-18(23)20-7-5-3-4-6-8-20/h9-10,19H,3-8,11-12H2,1-2H3. The lowest BCUT2D eigenvalue weighted by atomic mass is 10.1. The molecule has 124 valence electrons. The van der Waals surface area contributed by atoms with Crippen molar-refractivity contribution in [3.05, 3.63) is 23.3 Å². The van der Waals surface area contributed by atoms with E-state index in [0.717, 1.165) is 42.9 Å². The fourth-order valence-corrected chi connectivity index (χ4v) is 3.30. The van der Waals surface area contributed by atoms with Crippen LogP contribution >= 0.6 is 0 Å². The average Bonchev–Trinajstić information content (AvgIpc) is 2.81. The highest BCUT2D eigenvalue weighted by Crippen LogP contribution is 2.32. The summed E-state index contributed by atoms with van der Waals surface area (Å²) in [6.07, 6.45) is 4.52. The first kappa shape index (κ1) is 15.8. The monoisotopic (exact) mass is 315 g/mol. The lowest BCUT2D eigenvalue weighted by Crippen LogP contribution is -2.47. The summed E-state index contributed by atoms with van der Waals surface area (Å²) in [7, 11) is 0. The number of nitrogens with zero attached hydrogens (tertiary/aromatic N) is 2. The van der Waals surface area contributed by atoms with Crippen molar-refractivity contribution >= 4 is 23.2 Å². The minimum Gasteiger partial charge on any atom is -0.374 e. The quantitative estimate of drug-likeness (QED) is 0.912. The van der Waals surface area contributed by atoms with Gasteiger partial charge in [-0.05, 0) is 49.9 Å². The normalized spacial score (nSPS) is 18.3. The summed E-state index contributed by atoms with van der Waals surface area (Å²) >= 11 is 0. The molecule has 2 amide bonds. The first-order valence-corrected chi connectivity index (χ1v) is 8.49. The van der Waals surface area contributed by atoms with Crippen LogP contribution in [0.25, 0.3) is 0 Å². The predicted molar refractivity (Wildman–Crippen MR) is 91.8 cm³/mol. The molecule has 23 heavy (non-hydrogen) atoms. The molecule has 2 heterocycles. The molecule has 0 atom stereocenters. The fourth-order valence-electron chi connectivity index (χ4n) is 3.30. The van der Waals surface area contributed by atoms with Gasteiger partial charge in [0.25, 0.3) is 0 Å². The van der Waals surface area contributed by atoms with Crippen molar-refractivity contribution in [2.24, 2.45) is 0 Å². The van der Waals surface area contributed by atoms with E-state index >= 15 is 0 Å². The van der Waals surface area contributed by atoms with Gasteiger partial charge in [-0.3, -0.25) is 14.5 Å². The number of hydrogen-bond donors (Lipinski definition) is 1. The highest BCUT2D eigenvalue weighted by atomic mass is 16.2. The first-order valence-electron chi connectivity index (χ1n) is 8.49. The Balaban J connectivity index is 1.80. The van der Waals surface area contributed by atoms with Gasteiger partial charge >= 0.3 is 0 Å². The zero-order valence-corrected chi connectivity index (χ0v) is 14.0. The van der Waals surface area contributed by atoms with Crippen molar-refractivity contribution in [2.75, 3.05) is 36.4 Å². The molecule has 2 aliphatic heterocycles. The Labute approximate surface area is 137 Å². The second-order valence-corrected chi connectivity index (χ2v) is 6.58. The molecule has 3 rings (SSSR count). The summed E-state index contributed by atoms with van der Waals surface area (Å²) in [5.74, 6) is 0.0234. The third-order valence-electron chi connectivity index (χ3n) is 4.89. The number of anilines is 2. The molecule has 0 unspecified atom stereocenters. The van der Waals surface area contributed by atoms with Crippen LogP contribution < -0.4 is 10.2 Å². The molecule has 1 aromatic carbocycles. The molecule has 0 aliphatic carbocycles. The molecule has 0 saturated carbocycles. The van der Waals surface area contributed by atoms with Crippen molar-refractivity contribution < 1.29 is 9.59 Å². The Morgan fingerprint density at radius 3 is 2.43 bits per heavy atom. The molecule has 5 heteroatoms. The summed E-state index contributed by atoms with van der Waals surface area (Å²) in [6, 6.07) is 4.06. The van der Waals surface area contributed by atoms with Crippen LogP contribution in [0.5, 0.6) is 0 Å². The van der Waals surface area contributed by atoms with Gasteiger partial charge in [0, 0.05) is 13.1 Å². The van der Waals surface area contributed by atoms with E-state index in [1.165, 1.54) is 18.4 Å². The van der Waals surface area contributed by atoms with Crippen LogP contribution in [-0.2, 0) is 9.59 Å². The van der Waals surface area contributed by atoms with Gasteiger partial charge < -0.3 is 10.2 Å². The number of aryl methyl sites for hydroxylation is 2. The van der Waals surface area contributed by atoms with Crippen LogP contribution in [0, 0.1) is 13.8 Å². The molecule has 1 N–H and O–H groups in total. The lowest BCUT2D eigenvalue weighted by molar-refractivity contribution is -0.131. The lowest BCUT2D eigenvalue weighted by Gasteiger charge is -2.32. The largest absolute Gasteiger partial charge is 0.374 e. The van der Waals surface area contributed by atoms with Gasteiger partial charge in [0.05, 0.1) is 17.9 Å². The number of amides is 2. The van der Waals surface area contributed by atoms with Crippen LogP contribution in [0.2, 0.25) is 0 Å². The molecule has 2 aliphatic rings. The molecule has 0 bridgehead atoms. The number of likely N-dealkylation sites (tertiary alicyclic amines) is 1. The smallest absolute Gasteiger partial charge is 0.246 e. The van der Waals surface area contributed by atoms with Gasteiger partial charge in [0.1, 0.15) is 6.54 Å². The Kier molecular flexibility index (Phi) is 4.55. The molecule has 1 saturated heterocycles. The van der Waals surface area contributed by atoms with Crippen LogP contribution in [-0.4, -0.2) is 42.9 Å². The molecule has 1 fully saturated rings. The van der Waals surface area contributed by atoms with Gasteiger partial charge in [0.15, 0.2) is 0 Å². The fraction of sp³-hybridized carbons (Fsp3) is 0.556. The van der Waals surface area contributed by atoms with E-state index < -0.39 is 0 Å². The summed E-state index contributed by atoms with van der Waals surface area (Å²) in [5, 5.41) is 3.16. The first-order chi connectivity index (χ1) is 11.1. The summed E-state index contributed by atoms with van der Waals surface area (Å²) in [6.45, 7) is 6.13. The second-order valence-electron chi connectivity index (χ2n) is 6.58. The summed E-state index contributed by atoms with van der Waals surface area (Å²) < 4.78 is 0. The third-order valence-corrected chi connectivity index (χ3v) is 4.89. The van der Waals surface area contributed by atoms with E-state index in [1.54, 1.807) is 4.90 Å². The highest BCUT2D eigenvalue weighted by Gasteiger charge is 2.28. The number of carbonyl (C=O) groups is 2. The minimum absolute atomic E-state index is 0.0380. The van der Waals surface area contributed by atoms with Crippen molar-refractivity contribution in [3.63, 3.8) is 0 Å².